The van der Waals surface area contributed by atoms with Crippen LogP contribution in [0.15, 0.2) is 82.0 Å². The lowest BCUT2D eigenvalue weighted by atomic mass is 9.92. The molecule has 0 fully saturated rings. The fourth-order valence-electron chi connectivity index (χ4n) is 4.32. The first-order valence-electron chi connectivity index (χ1n) is 11.5. The number of esters is 1. The van der Waals surface area contributed by atoms with Gasteiger partial charge in [0.25, 0.3) is 0 Å². The summed E-state index contributed by atoms with van der Waals surface area (Å²) >= 11 is 1.46. The van der Waals surface area contributed by atoms with E-state index < -0.39 is 12.0 Å². The highest BCUT2D eigenvalue weighted by Gasteiger charge is 2.41. The molecule has 2 aromatic carbocycles. The zero-order valence-electron chi connectivity index (χ0n) is 20.3. The van der Waals surface area contributed by atoms with Crippen molar-refractivity contribution in [2.45, 2.75) is 38.8 Å². The molecule has 0 saturated carbocycles. The minimum Gasteiger partial charge on any atom is -0.497 e. The van der Waals surface area contributed by atoms with E-state index in [1.54, 1.807) is 7.11 Å². The molecule has 1 amide bonds. The van der Waals surface area contributed by atoms with Crippen LogP contribution >= 0.6 is 11.8 Å². The fraction of sp³-hybridized carbons (Fsp3) is 0.296. The van der Waals surface area contributed by atoms with Crippen molar-refractivity contribution in [2.24, 2.45) is 4.99 Å². The highest BCUT2D eigenvalue weighted by molar-refractivity contribution is 8.16. The first-order valence-corrected chi connectivity index (χ1v) is 12.4. The van der Waals surface area contributed by atoms with Gasteiger partial charge in [-0.1, -0.05) is 61.2 Å². The lowest BCUT2D eigenvalue weighted by Crippen LogP contribution is -2.38. The van der Waals surface area contributed by atoms with Gasteiger partial charge in [0.05, 0.1) is 44.0 Å². The Hall–Kier alpha value is -3.52. The molecule has 0 saturated heterocycles. The van der Waals surface area contributed by atoms with Crippen molar-refractivity contribution in [1.82, 2.24) is 10.2 Å². The van der Waals surface area contributed by atoms with Gasteiger partial charge in [0.15, 0.2) is 5.17 Å². The molecular weight excluding hydrogens is 462 g/mol. The van der Waals surface area contributed by atoms with Gasteiger partial charge in [-0.2, -0.15) is 0 Å². The van der Waals surface area contributed by atoms with E-state index in [1.165, 1.54) is 18.9 Å². The van der Waals surface area contributed by atoms with Gasteiger partial charge in [-0.15, -0.1) is 0 Å². The topological polar surface area (TPSA) is 80.2 Å². The van der Waals surface area contributed by atoms with E-state index in [1.807, 2.05) is 78.8 Å². The summed E-state index contributed by atoms with van der Waals surface area (Å²) in [5.74, 6) is 0.139. The molecule has 2 heterocycles. The normalized spacial score (nSPS) is 17.8. The van der Waals surface area contributed by atoms with Gasteiger partial charge in [0.2, 0.25) is 5.91 Å². The summed E-state index contributed by atoms with van der Waals surface area (Å²) in [6, 6.07) is 16.8. The SMILES string of the molecule is CCC1=C(C(=O)OC)C(c2cccc(OC)c2)N2C(CC(=O)NC(C)c3ccccc3)=CSC2=N1. The average molecular weight is 492 g/mol. The van der Waals surface area contributed by atoms with Gasteiger partial charge in [0.1, 0.15) is 5.75 Å². The van der Waals surface area contributed by atoms with Crippen LogP contribution in [-0.4, -0.2) is 36.2 Å². The largest absolute Gasteiger partial charge is 0.497 e. The summed E-state index contributed by atoms with van der Waals surface area (Å²) in [6.07, 6.45) is 0.729. The van der Waals surface area contributed by atoms with Crippen molar-refractivity contribution in [3.63, 3.8) is 0 Å². The summed E-state index contributed by atoms with van der Waals surface area (Å²) in [5, 5.41) is 5.75. The first kappa shape index (κ1) is 24.6. The smallest absolute Gasteiger partial charge is 0.338 e. The van der Waals surface area contributed by atoms with Crippen LogP contribution in [0.2, 0.25) is 0 Å². The van der Waals surface area contributed by atoms with Gasteiger partial charge in [-0.05, 0) is 42.0 Å². The molecule has 35 heavy (non-hydrogen) atoms. The predicted molar refractivity (Wildman–Crippen MR) is 138 cm³/mol. The molecule has 1 N–H and O–H groups in total. The maximum Gasteiger partial charge on any atom is 0.338 e. The summed E-state index contributed by atoms with van der Waals surface area (Å²) in [6.45, 7) is 3.93. The van der Waals surface area contributed by atoms with Gasteiger partial charge < -0.3 is 19.7 Å². The Kier molecular flexibility index (Phi) is 7.60. The Morgan fingerprint density at radius 2 is 1.91 bits per heavy atom. The van der Waals surface area contributed by atoms with E-state index in [9.17, 15) is 9.59 Å². The lowest BCUT2D eigenvalue weighted by molar-refractivity contribution is -0.136. The zero-order valence-corrected chi connectivity index (χ0v) is 21.1. The van der Waals surface area contributed by atoms with E-state index in [0.29, 0.717) is 23.4 Å². The van der Waals surface area contributed by atoms with Crippen LogP contribution in [0.4, 0.5) is 0 Å². The number of aliphatic imine (C=N–C) groups is 1. The van der Waals surface area contributed by atoms with Crippen molar-refractivity contribution in [3.8, 4) is 5.75 Å². The van der Waals surface area contributed by atoms with E-state index in [-0.39, 0.29) is 18.4 Å². The van der Waals surface area contributed by atoms with E-state index in [0.717, 1.165) is 22.0 Å². The molecule has 2 unspecified atom stereocenters. The second-order valence-corrected chi connectivity index (χ2v) is 9.09. The minimum absolute atomic E-state index is 0.108. The number of ether oxygens (including phenoxy) is 2. The van der Waals surface area contributed by atoms with Gasteiger partial charge in [-0.25, -0.2) is 9.79 Å². The van der Waals surface area contributed by atoms with Crippen LogP contribution in [0.1, 0.15) is 49.9 Å². The van der Waals surface area contributed by atoms with Crippen LogP contribution in [0, 0.1) is 0 Å². The third-order valence-electron chi connectivity index (χ3n) is 6.06. The van der Waals surface area contributed by atoms with Crippen LogP contribution in [0.3, 0.4) is 0 Å². The quantitative estimate of drug-likeness (QED) is 0.518. The number of methoxy groups -OCH3 is 2. The number of amidine groups is 1. The Bertz CT molecular complexity index is 1210. The van der Waals surface area contributed by atoms with Crippen molar-refractivity contribution < 1.29 is 19.1 Å². The minimum atomic E-state index is -0.486. The number of hydrogen-bond donors (Lipinski definition) is 1. The summed E-state index contributed by atoms with van der Waals surface area (Å²) in [4.78, 5) is 32.8. The van der Waals surface area contributed by atoms with Crippen molar-refractivity contribution in [3.05, 3.63) is 88.1 Å². The van der Waals surface area contributed by atoms with Crippen molar-refractivity contribution >= 4 is 28.8 Å². The van der Waals surface area contributed by atoms with E-state index in [4.69, 9.17) is 14.5 Å². The molecule has 0 radical (unpaired) electrons. The molecular formula is C27H29N3O4S. The molecule has 182 valence electrons. The van der Waals surface area contributed by atoms with E-state index >= 15 is 0 Å². The van der Waals surface area contributed by atoms with Crippen LogP contribution in [-0.2, 0) is 14.3 Å². The second-order valence-electron chi connectivity index (χ2n) is 8.25. The Morgan fingerprint density at radius 1 is 1.14 bits per heavy atom. The number of carbonyl (C=O) groups excluding carboxylic acids is 2. The molecule has 0 aromatic heterocycles. The van der Waals surface area contributed by atoms with Crippen molar-refractivity contribution in [2.75, 3.05) is 14.2 Å². The molecule has 2 aromatic rings. The average Bonchev–Trinajstić information content (AvgIpc) is 3.29. The standard InChI is InChI=1S/C27H29N3O4S/c1-5-22-24(26(32)34-4)25(19-12-9-13-21(14-19)33-3)30-20(16-35-27(30)29-22)15-23(31)28-17(2)18-10-7-6-8-11-18/h6-14,16-17,25H,5,15H2,1-4H3,(H,28,31). The number of fused-ring (bicyclic) bond motifs is 1. The Balaban J connectivity index is 1.66. The number of thioether (sulfide) groups is 1. The van der Waals surface area contributed by atoms with Crippen molar-refractivity contribution in [1.29, 1.82) is 0 Å². The summed E-state index contributed by atoms with van der Waals surface area (Å²) in [7, 11) is 2.98. The molecule has 2 atom stereocenters. The Labute approximate surface area is 209 Å². The summed E-state index contributed by atoms with van der Waals surface area (Å²) < 4.78 is 10.6. The highest BCUT2D eigenvalue weighted by atomic mass is 32.2. The number of nitrogens with one attached hydrogen (secondary N) is 1. The molecule has 8 heteroatoms. The lowest BCUT2D eigenvalue weighted by Gasteiger charge is -2.36. The van der Waals surface area contributed by atoms with Crippen LogP contribution in [0.5, 0.6) is 5.75 Å². The van der Waals surface area contributed by atoms with E-state index in [2.05, 4.69) is 5.32 Å². The predicted octanol–water partition coefficient (Wildman–Crippen LogP) is 5.10. The monoisotopic (exact) mass is 491 g/mol. The zero-order chi connectivity index (χ0) is 24.9. The van der Waals surface area contributed by atoms with Crippen LogP contribution < -0.4 is 10.1 Å². The molecule has 2 aliphatic heterocycles. The molecule has 2 aliphatic rings. The van der Waals surface area contributed by atoms with Gasteiger partial charge in [-0.3, -0.25) is 4.79 Å². The summed E-state index contributed by atoms with van der Waals surface area (Å²) in [5.41, 5.74) is 3.82. The third kappa shape index (κ3) is 5.12. The molecule has 4 rings (SSSR count). The number of rotatable bonds is 8. The first-order chi connectivity index (χ1) is 17.0. The number of amides is 1. The number of nitrogens with zero attached hydrogens (tertiary/aromatic N) is 2. The fourth-order valence-corrected chi connectivity index (χ4v) is 5.26. The number of hydrogen-bond acceptors (Lipinski definition) is 7. The van der Waals surface area contributed by atoms with Gasteiger partial charge >= 0.3 is 5.97 Å². The van der Waals surface area contributed by atoms with Crippen LogP contribution in [0.25, 0.3) is 0 Å². The van der Waals surface area contributed by atoms with Gasteiger partial charge in [0, 0.05) is 5.70 Å². The highest BCUT2D eigenvalue weighted by Crippen LogP contribution is 2.45. The molecule has 0 bridgehead atoms. The molecule has 0 spiro atoms. The number of carbonyl (C=O) groups is 2. The maximum atomic E-state index is 13.0. The molecule has 7 nitrogen and oxygen atoms in total. The number of allylic oxidation sites excluding steroid dienone is 1. The molecule has 0 aliphatic carbocycles. The maximum absolute atomic E-state index is 13.0. The Morgan fingerprint density at radius 3 is 2.60 bits per heavy atom. The second kappa shape index (κ2) is 10.8. The third-order valence-corrected chi connectivity index (χ3v) is 6.95. The number of benzene rings is 2.